The van der Waals surface area contributed by atoms with Gasteiger partial charge in [-0.05, 0) is 63.4 Å². The molecule has 0 heterocycles. The Morgan fingerprint density at radius 3 is 2.03 bits per heavy atom. The SMILES string of the molecule is Cc1ccc(N(CC(=O)N(Cc2ccccc2C)[C@@H](Cc2ccccc2)C(=O)NC(C)(C)C)S(C)(=O)=O)cc1. The van der Waals surface area contributed by atoms with Gasteiger partial charge in [0, 0.05) is 18.5 Å². The van der Waals surface area contributed by atoms with Crippen molar-refractivity contribution in [1.29, 1.82) is 0 Å². The molecule has 0 spiro atoms. The van der Waals surface area contributed by atoms with Crippen LogP contribution in [-0.4, -0.2) is 49.5 Å². The molecule has 0 saturated carbocycles. The Labute approximate surface area is 232 Å². The Morgan fingerprint density at radius 2 is 1.46 bits per heavy atom. The molecule has 0 aliphatic carbocycles. The molecule has 208 valence electrons. The van der Waals surface area contributed by atoms with Gasteiger partial charge < -0.3 is 10.2 Å². The van der Waals surface area contributed by atoms with E-state index in [-0.39, 0.29) is 18.9 Å². The van der Waals surface area contributed by atoms with Gasteiger partial charge in [-0.2, -0.15) is 0 Å². The van der Waals surface area contributed by atoms with Gasteiger partial charge in [0.15, 0.2) is 0 Å². The van der Waals surface area contributed by atoms with Crippen molar-refractivity contribution < 1.29 is 18.0 Å². The Kier molecular flexibility index (Phi) is 9.56. The first kappa shape index (κ1) is 29.9. The molecular weight excluding hydrogens is 510 g/mol. The fourth-order valence-electron chi connectivity index (χ4n) is 4.30. The molecule has 3 rings (SSSR count). The standard InChI is InChI=1S/C31H39N3O4S/c1-23-16-18-27(19-17-23)34(39(6,37)38)22-29(35)33(21-26-15-11-10-12-24(26)2)28(30(36)32-31(3,4)5)20-25-13-8-7-9-14-25/h7-19,28H,20-22H2,1-6H3,(H,32,36)/t28-/m0/s1. The summed E-state index contributed by atoms with van der Waals surface area (Å²) in [6.07, 6.45) is 1.36. The fourth-order valence-corrected chi connectivity index (χ4v) is 5.15. The summed E-state index contributed by atoms with van der Waals surface area (Å²) in [7, 11) is -3.79. The van der Waals surface area contributed by atoms with Gasteiger partial charge in [-0.25, -0.2) is 8.42 Å². The maximum Gasteiger partial charge on any atom is 0.244 e. The van der Waals surface area contributed by atoms with Crippen molar-refractivity contribution in [2.75, 3.05) is 17.1 Å². The van der Waals surface area contributed by atoms with Crippen LogP contribution in [0.25, 0.3) is 0 Å². The molecule has 7 nitrogen and oxygen atoms in total. The second-order valence-electron chi connectivity index (χ2n) is 11.0. The smallest absolute Gasteiger partial charge is 0.244 e. The van der Waals surface area contributed by atoms with Gasteiger partial charge in [-0.1, -0.05) is 72.3 Å². The number of rotatable bonds is 10. The first-order chi connectivity index (χ1) is 18.2. The normalized spacial score (nSPS) is 12.5. The molecule has 8 heteroatoms. The number of amides is 2. The molecule has 3 aromatic rings. The summed E-state index contributed by atoms with van der Waals surface area (Å²) < 4.78 is 26.8. The van der Waals surface area contributed by atoms with Crippen LogP contribution in [0.3, 0.4) is 0 Å². The van der Waals surface area contributed by atoms with Crippen LogP contribution in [-0.2, 0) is 32.6 Å². The third-order valence-electron chi connectivity index (χ3n) is 6.37. The van der Waals surface area contributed by atoms with Crippen LogP contribution in [0.4, 0.5) is 5.69 Å². The van der Waals surface area contributed by atoms with Gasteiger partial charge in [-0.15, -0.1) is 0 Å². The van der Waals surface area contributed by atoms with Gasteiger partial charge in [-0.3, -0.25) is 13.9 Å². The molecule has 0 aromatic heterocycles. The Hall–Kier alpha value is -3.65. The van der Waals surface area contributed by atoms with Crippen molar-refractivity contribution in [2.24, 2.45) is 0 Å². The van der Waals surface area contributed by atoms with E-state index in [0.717, 1.165) is 32.8 Å². The van der Waals surface area contributed by atoms with Crippen LogP contribution in [0.15, 0.2) is 78.9 Å². The highest BCUT2D eigenvalue weighted by molar-refractivity contribution is 7.92. The summed E-state index contributed by atoms with van der Waals surface area (Å²) in [6.45, 7) is 9.26. The Morgan fingerprint density at radius 1 is 0.872 bits per heavy atom. The largest absolute Gasteiger partial charge is 0.350 e. The van der Waals surface area contributed by atoms with Crippen LogP contribution >= 0.6 is 0 Å². The van der Waals surface area contributed by atoms with Crippen LogP contribution in [0.2, 0.25) is 0 Å². The zero-order valence-electron chi connectivity index (χ0n) is 23.6. The van der Waals surface area contributed by atoms with Gasteiger partial charge >= 0.3 is 0 Å². The minimum Gasteiger partial charge on any atom is -0.350 e. The summed E-state index contributed by atoms with van der Waals surface area (Å²) in [6, 6.07) is 23.3. The highest BCUT2D eigenvalue weighted by atomic mass is 32.2. The number of hydrogen-bond acceptors (Lipinski definition) is 4. The predicted octanol–water partition coefficient (Wildman–Crippen LogP) is 4.62. The lowest BCUT2D eigenvalue weighted by atomic mass is 10.00. The van der Waals surface area contributed by atoms with Crippen molar-refractivity contribution in [3.05, 3.63) is 101 Å². The Bertz CT molecular complexity index is 1380. The fraction of sp³-hybridized carbons (Fsp3) is 0.355. The molecule has 1 atom stereocenters. The quantitative estimate of drug-likeness (QED) is 0.400. The van der Waals surface area contributed by atoms with E-state index >= 15 is 0 Å². The second kappa shape index (κ2) is 12.5. The predicted molar refractivity (Wildman–Crippen MR) is 157 cm³/mol. The zero-order chi connectivity index (χ0) is 28.8. The first-order valence-corrected chi connectivity index (χ1v) is 14.8. The van der Waals surface area contributed by atoms with E-state index in [0.29, 0.717) is 5.69 Å². The molecule has 1 N–H and O–H groups in total. The number of hydrogen-bond donors (Lipinski definition) is 1. The molecule has 0 bridgehead atoms. The summed E-state index contributed by atoms with van der Waals surface area (Å²) in [5.74, 6) is -0.760. The molecule has 39 heavy (non-hydrogen) atoms. The van der Waals surface area contributed by atoms with Gasteiger partial charge in [0.05, 0.1) is 11.9 Å². The molecule has 0 saturated heterocycles. The molecule has 0 aliphatic rings. The van der Waals surface area contributed by atoms with Crippen molar-refractivity contribution in [1.82, 2.24) is 10.2 Å². The van der Waals surface area contributed by atoms with E-state index in [4.69, 9.17) is 0 Å². The highest BCUT2D eigenvalue weighted by Crippen LogP contribution is 2.22. The van der Waals surface area contributed by atoms with Crippen LogP contribution in [0.1, 0.15) is 43.0 Å². The molecule has 0 aliphatic heterocycles. The molecule has 0 radical (unpaired) electrons. The lowest BCUT2D eigenvalue weighted by molar-refractivity contribution is -0.140. The van der Waals surface area contributed by atoms with Crippen LogP contribution < -0.4 is 9.62 Å². The van der Waals surface area contributed by atoms with Crippen molar-refractivity contribution in [3.8, 4) is 0 Å². The molecular formula is C31H39N3O4S. The molecule has 0 unspecified atom stereocenters. The number of benzene rings is 3. The van der Waals surface area contributed by atoms with Gasteiger partial charge in [0.2, 0.25) is 21.8 Å². The Balaban J connectivity index is 2.08. The number of carbonyl (C=O) groups is 2. The molecule has 0 fully saturated rings. The number of sulfonamides is 1. The minimum absolute atomic E-state index is 0.159. The number of anilines is 1. The topological polar surface area (TPSA) is 86.8 Å². The summed E-state index contributed by atoms with van der Waals surface area (Å²) in [5.41, 5.74) is 3.60. The summed E-state index contributed by atoms with van der Waals surface area (Å²) in [5, 5.41) is 3.03. The minimum atomic E-state index is -3.79. The van der Waals surface area contributed by atoms with Crippen LogP contribution in [0, 0.1) is 13.8 Å². The number of nitrogens with one attached hydrogen (secondary N) is 1. The number of nitrogens with zero attached hydrogens (tertiary/aromatic N) is 2. The maximum atomic E-state index is 14.1. The maximum absolute atomic E-state index is 14.1. The third kappa shape index (κ3) is 8.68. The van der Waals surface area contributed by atoms with E-state index < -0.39 is 34.1 Å². The number of aryl methyl sites for hydroxylation is 2. The average Bonchev–Trinajstić information content (AvgIpc) is 2.85. The van der Waals surface area contributed by atoms with Gasteiger partial charge in [0.1, 0.15) is 12.6 Å². The summed E-state index contributed by atoms with van der Waals surface area (Å²) >= 11 is 0. The highest BCUT2D eigenvalue weighted by Gasteiger charge is 2.34. The lowest BCUT2D eigenvalue weighted by Gasteiger charge is -2.35. The zero-order valence-corrected chi connectivity index (χ0v) is 24.5. The second-order valence-corrected chi connectivity index (χ2v) is 12.9. The monoisotopic (exact) mass is 549 g/mol. The molecule has 3 aromatic carbocycles. The third-order valence-corrected chi connectivity index (χ3v) is 7.51. The van der Waals surface area contributed by atoms with Crippen molar-refractivity contribution in [2.45, 2.75) is 59.2 Å². The lowest BCUT2D eigenvalue weighted by Crippen LogP contribution is -2.56. The average molecular weight is 550 g/mol. The van der Waals surface area contributed by atoms with E-state index in [1.807, 2.05) is 89.2 Å². The molecule has 2 amide bonds. The van der Waals surface area contributed by atoms with Crippen LogP contribution in [0.5, 0.6) is 0 Å². The van der Waals surface area contributed by atoms with E-state index in [2.05, 4.69) is 5.32 Å². The van der Waals surface area contributed by atoms with E-state index in [9.17, 15) is 18.0 Å². The van der Waals surface area contributed by atoms with Crippen molar-refractivity contribution in [3.63, 3.8) is 0 Å². The number of carbonyl (C=O) groups excluding carboxylic acids is 2. The summed E-state index contributed by atoms with van der Waals surface area (Å²) in [4.78, 5) is 29.4. The van der Waals surface area contributed by atoms with E-state index in [1.165, 1.54) is 4.90 Å². The van der Waals surface area contributed by atoms with Gasteiger partial charge in [0.25, 0.3) is 0 Å². The first-order valence-electron chi connectivity index (χ1n) is 13.0. The van der Waals surface area contributed by atoms with E-state index in [1.54, 1.807) is 24.3 Å². The van der Waals surface area contributed by atoms with Crippen molar-refractivity contribution >= 4 is 27.5 Å².